The minimum Gasteiger partial charge on any atom is -0.497 e. The third-order valence-electron chi connectivity index (χ3n) is 4.02. The van der Waals surface area contributed by atoms with Crippen molar-refractivity contribution in [2.24, 2.45) is 0 Å². The van der Waals surface area contributed by atoms with E-state index in [1.54, 1.807) is 54.5 Å². The summed E-state index contributed by atoms with van der Waals surface area (Å²) in [7, 11) is 1.59. The van der Waals surface area contributed by atoms with E-state index in [4.69, 9.17) is 14.2 Å². The third kappa shape index (κ3) is 3.88. The molecule has 7 heteroatoms. The maximum Gasteiger partial charge on any atom is 0.251 e. The van der Waals surface area contributed by atoms with E-state index in [-0.39, 0.29) is 18.6 Å². The Hall–Kier alpha value is -3.22. The van der Waals surface area contributed by atoms with Crippen LogP contribution in [0.3, 0.4) is 0 Å². The van der Waals surface area contributed by atoms with Gasteiger partial charge in [0.1, 0.15) is 5.75 Å². The average molecular weight is 356 g/mol. The van der Waals surface area contributed by atoms with Crippen LogP contribution in [0.4, 0.5) is 5.69 Å². The summed E-state index contributed by atoms with van der Waals surface area (Å²) in [4.78, 5) is 25.8. The number of nitrogens with zero attached hydrogens (tertiary/aromatic N) is 1. The fraction of sp³-hybridized carbons (Fsp3) is 0.263. The molecule has 2 aromatic rings. The van der Waals surface area contributed by atoms with Gasteiger partial charge in [0.25, 0.3) is 5.91 Å². The van der Waals surface area contributed by atoms with Crippen LogP contribution in [0.5, 0.6) is 17.2 Å². The van der Waals surface area contributed by atoms with Crippen molar-refractivity contribution in [1.29, 1.82) is 0 Å². The van der Waals surface area contributed by atoms with Crippen LogP contribution >= 0.6 is 0 Å². The zero-order valence-electron chi connectivity index (χ0n) is 14.7. The average Bonchev–Trinajstić information content (AvgIpc) is 3.12. The largest absolute Gasteiger partial charge is 0.497 e. The van der Waals surface area contributed by atoms with Crippen LogP contribution in [0.1, 0.15) is 17.3 Å². The monoisotopic (exact) mass is 356 g/mol. The first-order chi connectivity index (χ1) is 12.6. The maximum atomic E-state index is 12.3. The molecular weight excluding hydrogens is 336 g/mol. The number of carbonyl (C=O) groups is 2. The molecule has 0 unspecified atom stereocenters. The molecule has 1 heterocycles. The molecule has 0 radical (unpaired) electrons. The molecule has 2 amide bonds. The number of nitrogens with one attached hydrogen (secondary N) is 1. The Kier molecular flexibility index (Phi) is 5.26. The molecule has 0 bridgehead atoms. The maximum absolute atomic E-state index is 12.3. The molecular formula is C19H20N2O5. The number of fused-ring (bicyclic) bond motifs is 1. The minimum atomic E-state index is -0.235. The van der Waals surface area contributed by atoms with E-state index < -0.39 is 0 Å². The van der Waals surface area contributed by atoms with Crippen molar-refractivity contribution >= 4 is 17.5 Å². The van der Waals surface area contributed by atoms with Gasteiger partial charge in [0, 0.05) is 31.3 Å². The Morgan fingerprint density at radius 1 is 1.12 bits per heavy atom. The molecule has 0 fully saturated rings. The number of anilines is 1. The van der Waals surface area contributed by atoms with Gasteiger partial charge in [0.2, 0.25) is 12.7 Å². The van der Waals surface area contributed by atoms with Crippen LogP contribution in [0, 0.1) is 0 Å². The fourth-order valence-electron chi connectivity index (χ4n) is 2.65. The van der Waals surface area contributed by atoms with Gasteiger partial charge >= 0.3 is 0 Å². The van der Waals surface area contributed by atoms with Crippen molar-refractivity contribution < 1.29 is 23.8 Å². The second-order valence-corrected chi connectivity index (χ2v) is 5.69. The standard InChI is InChI=1S/C19H20N2O5/c1-13(22)21(15-4-6-16(24-2)7-5-15)10-9-20-19(23)14-3-8-17-18(11-14)26-12-25-17/h3-8,11H,9-10,12H2,1-2H3,(H,20,23). The topological polar surface area (TPSA) is 77.1 Å². The van der Waals surface area contributed by atoms with Crippen LogP contribution < -0.4 is 24.4 Å². The van der Waals surface area contributed by atoms with Crippen molar-refractivity contribution in [3.63, 3.8) is 0 Å². The van der Waals surface area contributed by atoms with E-state index >= 15 is 0 Å². The summed E-state index contributed by atoms with van der Waals surface area (Å²) < 4.78 is 15.6. The first-order valence-corrected chi connectivity index (χ1v) is 8.18. The van der Waals surface area contributed by atoms with Gasteiger partial charge in [-0.3, -0.25) is 9.59 Å². The van der Waals surface area contributed by atoms with E-state index in [1.807, 2.05) is 0 Å². The molecule has 7 nitrogen and oxygen atoms in total. The lowest BCUT2D eigenvalue weighted by molar-refractivity contribution is -0.116. The van der Waals surface area contributed by atoms with E-state index in [0.29, 0.717) is 35.9 Å². The highest BCUT2D eigenvalue weighted by atomic mass is 16.7. The van der Waals surface area contributed by atoms with E-state index in [9.17, 15) is 9.59 Å². The number of rotatable bonds is 6. The highest BCUT2D eigenvalue weighted by Crippen LogP contribution is 2.32. The molecule has 2 aromatic carbocycles. The highest BCUT2D eigenvalue weighted by molar-refractivity contribution is 5.95. The van der Waals surface area contributed by atoms with Crippen LogP contribution in [0.2, 0.25) is 0 Å². The van der Waals surface area contributed by atoms with E-state index in [2.05, 4.69) is 5.32 Å². The Bertz CT molecular complexity index is 804. The SMILES string of the molecule is COc1ccc(N(CCNC(=O)c2ccc3c(c2)OCO3)C(C)=O)cc1. The van der Waals surface area contributed by atoms with Crippen molar-refractivity contribution in [2.75, 3.05) is 31.9 Å². The van der Waals surface area contributed by atoms with Gasteiger partial charge < -0.3 is 24.4 Å². The van der Waals surface area contributed by atoms with Gasteiger partial charge in [-0.25, -0.2) is 0 Å². The molecule has 0 aromatic heterocycles. The molecule has 1 aliphatic heterocycles. The van der Waals surface area contributed by atoms with Crippen molar-refractivity contribution in [3.8, 4) is 17.2 Å². The number of hydrogen-bond acceptors (Lipinski definition) is 5. The number of ether oxygens (including phenoxy) is 3. The molecule has 0 saturated carbocycles. The lowest BCUT2D eigenvalue weighted by Crippen LogP contribution is -2.37. The molecule has 0 saturated heterocycles. The van der Waals surface area contributed by atoms with Crippen molar-refractivity contribution in [2.45, 2.75) is 6.92 Å². The normalized spacial score (nSPS) is 11.8. The Morgan fingerprint density at radius 3 is 2.54 bits per heavy atom. The smallest absolute Gasteiger partial charge is 0.251 e. The quantitative estimate of drug-likeness (QED) is 0.859. The summed E-state index contributed by atoms with van der Waals surface area (Å²) in [5, 5.41) is 2.81. The number of methoxy groups -OCH3 is 1. The first kappa shape index (κ1) is 17.6. The van der Waals surface area contributed by atoms with Gasteiger partial charge in [-0.15, -0.1) is 0 Å². The predicted octanol–water partition coefficient (Wildman–Crippen LogP) is 2.21. The lowest BCUT2D eigenvalue weighted by atomic mass is 10.2. The summed E-state index contributed by atoms with van der Waals surface area (Å²) in [6.45, 7) is 2.33. The molecule has 0 aliphatic carbocycles. The van der Waals surface area contributed by atoms with Gasteiger partial charge in [-0.2, -0.15) is 0 Å². The summed E-state index contributed by atoms with van der Waals surface area (Å²) >= 11 is 0. The summed E-state index contributed by atoms with van der Waals surface area (Å²) in [5.41, 5.74) is 1.23. The summed E-state index contributed by atoms with van der Waals surface area (Å²) in [5.74, 6) is 1.56. The van der Waals surface area contributed by atoms with Crippen molar-refractivity contribution in [1.82, 2.24) is 5.32 Å². The fourth-order valence-corrected chi connectivity index (χ4v) is 2.65. The molecule has 26 heavy (non-hydrogen) atoms. The van der Waals surface area contributed by atoms with Gasteiger partial charge in [-0.05, 0) is 42.5 Å². The second kappa shape index (κ2) is 7.77. The lowest BCUT2D eigenvalue weighted by Gasteiger charge is -2.21. The molecule has 136 valence electrons. The van der Waals surface area contributed by atoms with Crippen molar-refractivity contribution in [3.05, 3.63) is 48.0 Å². The zero-order chi connectivity index (χ0) is 18.5. The summed E-state index contributed by atoms with van der Waals surface area (Å²) in [6, 6.07) is 12.2. The van der Waals surface area contributed by atoms with E-state index in [1.165, 1.54) is 6.92 Å². The number of benzene rings is 2. The number of amides is 2. The summed E-state index contributed by atoms with van der Waals surface area (Å²) in [6.07, 6.45) is 0. The zero-order valence-corrected chi connectivity index (χ0v) is 14.7. The Morgan fingerprint density at radius 2 is 1.85 bits per heavy atom. The van der Waals surface area contributed by atoms with Crippen LogP contribution in [-0.2, 0) is 4.79 Å². The molecule has 1 N–H and O–H groups in total. The van der Waals surface area contributed by atoms with Crippen LogP contribution in [-0.4, -0.2) is 38.8 Å². The first-order valence-electron chi connectivity index (χ1n) is 8.18. The Balaban J connectivity index is 1.59. The van der Waals surface area contributed by atoms with E-state index in [0.717, 1.165) is 5.69 Å². The van der Waals surface area contributed by atoms with Crippen LogP contribution in [0.25, 0.3) is 0 Å². The molecule has 3 rings (SSSR count). The van der Waals surface area contributed by atoms with Gasteiger partial charge in [-0.1, -0.05) is 0 Å². The van der Waals surface area contributed by atoms with Crippen LogP contribution in [0.15, 0.2) is 42.5 Å². The van der Waals surface area contributed by atoms with Gasteiger partial charge in [0.05, 0.1) is 7.11 Å². The Labute approximate surface area is 151 Å². The second-order valence-electron chi connectivity index (χ2n) is 5.69. The highest BCUT2D eigenvalue weighted by Gasteiger charge is 2.17. The molecule has 1 aliphatic rings. The number of carbonyl (C=O) groups excluding carboxylic acids is 2. The third-order valence-corrected chi connectivity index (χ3v) is 4.02. The molecule has 0 spiro atoms. The minimum absolute atomic E-state index is 0.104. The predicted molar refractivity (Wildman–Crippen MR) is 95.9 cm³/mol. The number of hydrogen-bond donors (Lipinski definition) is 1. The molecule has 0 atom stereocenters. The van der Waals surface area contributed by atoms with Gasteiger partial charge in [0.15, 0.2) is 11.5 Å².